The fourth-order valence-corrected chi connectivity index (χ4v) is 9.70. The monoisotopic (exact) mass is 546 g/mol. The van der Waals surface area contributed by atoms with Gasteiger partial charge in [-0.05, 0) is 48.3 Å². The first-order valence-corrected chi connectivity index (χ1v) is 14.9. The molecule has 206 valence electrons. The van der Waals surface area contributed by atoms with E-state index in [0.717, 1.165) is 10.4 Å². The molecule has 0 aromatic heterocycles. The first-order chi connectivity index (χ1) is 18.3. The van der Waals surface area contributed by atoms with E-state index in [1.807, 2.05) is 57.2 Å². The number of rotatable bonds is 9. The molecular weight excluding hydrogens is 508 g/mol. The lowest BCUT2D eigenvalue weighted by Crippen LogP contribution is -2.67. The number of carboxylic acid groups (broad SMARTS) is 1. The molecule has 8 heteroatoms. The van der Waals surface area contributed by atoms with Gasteiger partial charge < -0.3 is 9.53 Å². The molecule has 1 N–H and O–H groups in total. The summed E-state index contributed by atoms with van der Waals surface area (Å²) in [5, 5.41) is 23.8. The van der Waals surface area contributed by atoms with E-state index in [9.17, 15) is 20.0 Å². The molecule has 0 spiro atoms. The summed E-state index contributed by atoms with van der Waals surface area (Å²) in [5.41, 5.74) is -0.395. The third-order valence-electron chi connectivity index (χ3n) is 6.78. The molecule has 1 atom stereocenters. The Kier molecular flexibility index (Phi) is 9.14. The van der Waals surface area contributed by atoms with Crippen molar-refractivity contribution in [3.63, 3.8) is 0 Å². The van der Waals surface area contributed by atoms with Crippen molar-refractivity contribution < 1.29 is 19.3 Å². The van der Waals surface area contributed by atoms with Gasteiger partial charge in [0.2, 0.25) is 0 Å². The molecule has 3 rings (SSSR count). The second-order valence-electron chi connectivity index (χ2n) is 11.5. The number of hydrogen-bond donors (Lipinski definition) is 1. The van der Waals surface area contributed by atoms with Gasteiger partial charge in [0.15, 0.2) is 0 Å². The highest BCUT2D eigenvalue weighted by molar-refractivity contribution is 6.99. The van der Waals surface area contributed by atoms with Crippen LogP contribution in [0.5, 0.6) is 0 Å². The summed E-state index contributed by atoms with van der Waals surface area (Å²) in [6, 6.07) is 26.0. The molecule has 0 saturated heterocycles. The van der Waals surface area contributed by atoms with Gasteiger partial charge in [0.1, 0.15) is 0 Å². The minimum Gasteiger partial charge on any atom is -0.465 e. The molecule has 1 amide bonds. The predicted octanol–water partition coefficient (Wildman–Crippen LogP) is 6.33. The fraction of sp³-hybridized carbons (Fsp3) is 0.323. The van der Waals surface area contributed by atoms with Crippen LogP contribution in [-0.2, 0) is 4.43 Å². The van der Waals surface area contributed by atoms with Crippen molar-refractivity contribution in [2.75, 3.05) is 6.61 Å². The van der Waals surface area contributed by atoms with Crippen LogP contribution >= 0.6 is 0 Å². The maximum absolute atomic E-state index is 12.6. The van der Waals surface area contributed by atoms with E-state index < -0.39 is 30.9 Å². The molecule has 0 aliphatic carbocycles. The molecule has 0 unspecified atom stereocenters. The van der Waals surface area contributed by atoms with E-state index in [1.54, 1.807) is 30.4 Å². The average molecular weight is 547 g/mol. The van der Waals surface area contributed by atoms with Crippen LogP contribution in [-0.4, -0.2) is 47.5 Å². The van der Waals surface area contributed by atoms with Crippen molar-refractivity contribution in [1.29, 1.82) is 0 Å². The summed E-state index contributed by atoms with van der Waals surface area (Å²) >= 11 is 0. The zero-order chi connectivity index (χ0) is 28.8. The molecule has 0 radical (unpaired) electrons. The second kappa shape index (κ2) is 12.0. The molecule has 0 aliphatic rings. The molecule has 0 bridgehead atoms. The van der Waals surface area contributed by atoms with Crippen LogP contribution in [0.15, 0.2) is 91.0 Å². The molecule has 0 fully saturated rings. The van der Waals surface area contributed by atoms with E-state index in [1.165, 1.54) is 11.0 Å². The van der Waals surface area contributed by atoms with Crippen LogP contribution in [0, 0.1) is 10.1 Å². The van der Waals surface area contributed by atoms with Crippen LogP contribution < -0.4 is 10.4 Å². The second-order valence-corrected chi connectivity index (χ2v) is 15.8. The standard InChI is InChI=1S/C31H38N2O5Si/c1-30(2,3)32(29(34)35)25(22-21-24-15-13-14-20-28(24)33(36)37)23-38-39(31(4,5)6,26-16-9-7-10-17-26)27-18-11-8-12-19-27/h7-22,25H,23H2,1-6H3,(H,34,35)/t25-/m0/s1. The smallest absolute Gasteiger partial charge is 0.408 e. The Bertz CT molecular complexity index is 1260. The highest BCUT2D eigenvalue weighted by atomic mass is 28.4. The topological polar surface area (TPSA) is 92.9 Å². The fourth-order valence-electron chi connectivity index (χ4n) is 5.12. The quantitative estimate of drug-likeness (QED) is 0.192. The number of carbonyl (C=O) groups is 1. The zero-order valence-electron chi connectivity index (χ0n) is 23.5. The van der Waals surface area contributed by atoms with E-state index in [4.69, 9.17) is 4.43 Å². The number of nitro benzene ring substituents is 1. The molecule has 7 nitrogen and oxygen atoms in total. The first kappa shape index (κ1) is 29.8. The van der Waals surface area contributed by atoms with Crippen molar-refractivity contribution in [2.24, 2.45) is 0 Å². The predicted molar refractivity (Wildman–Crippen MR) is 159 cm³/mol. The normalized spacial score (nSPS) is 13.3. The van der Waals surface area contributed by atoms with Crippen LogP contribution in [0.1, 0.15) is 47.1 Å². The van der Waals surface area contributed by atoms with Gasteiger partial charge in [-0.25, -0.2) is 4.79 Å². The van der Waals surface area contributed by atoms with Gasteiger partial charge in [-0.3, -0.25) is 15.0 Å². The number of nitrogens with zero attached hydrogens (tertiary/aromatic N) is 2. The van der Waals surface area contributed by atoms with Crippen LogP contribution in [0.3, 0.4) is 0 Å². The van der Waals surface area contributed by atoms with Gasteiger partial charge in [0, 0.05) is 11.6 Å². The van der Waals surface area contributed by atoms with Gasteiger partial charge in [-0.2, -0.15) is 0 Å². The Labute approximate surface area is 232 Å². The molecule has 39 heavy (non-hydrogen) atoms. The lowest BCUT2D eigenvalue weighted by atomic mass is 10.0. The van der Waals surface area contributed by atoms with E-state index >= 15 is 0 Å². The number of amides is 1. The van der Waals surface area contributed by atoms with Crippen molar-refractivity contribution in [2.45, 2.75) is 58.2 Å². The van der Waals surface area contributed by atoms with Crippen molar-refractivity contribution in [3.05, 3.63) is 107 Å². The number of para-hydroxylation sites is 1. The van der Waals surface area contributed by atoms with E-state index in [2.05, 4.69) is 45.0 Å². The highest BCUT2D eigenvalue weighted by Gasteiger charge is 2.50. The molecule has 0 aliphatic heterocycles. The molecular formula is C31H38N2O5Si. The van der Waals surface area contributed by atoms with E-state index in [-0.39, 0.29) is 17.3 Å². The first-order valence-electron chi connectivity index (χ1n) is 13.0. The number of nitro groups is 1. The molecule has 3 aromatic carbocycles. The highest BCUT2D eigenvalue weighted by Crippen LogP contribution is 2.37. The molecule has 3 aromatic rings. The third-order valence-corrected chi connectivity index (χ3v) is 11.8. The van der Waals surface area contributed by atoms with Gasteiger partial charge >= 0.3 is 6.09 Å². The van der Waals surface area contributed by atoms with Crippen molar-refractivity contribution in [1.82, 2.24) is 4.90 Å². The van der Waals surface area contributed by atoms with Crippen LogP contribution in [0.4, 0.5) is 10.5 Å². The van der Waals surface area contributed by atoms with Gasteiger partial charge in [0.05, 0.1) is 23.1 Å². The molecule has 0 heterocycles. The van der Waals surface area contributed by atoms with Crippen molar-refractivity contribution >= 4 is 36.5 Å². The maximum atomic E-state index is 12.6. The van der Waals surface area contributed by atoms with Gasteiger partial charge in [-0.1, -0.05) is 99.6 Å². The third kappa shape index (κ3) is 6.64. The Morgan fingerprint density at radius 2 is 1.41 bits per heavy atom. The number of hydrogen-bond acceptors (Lipinski definition) is 4. The van der Waals surface area contributed by atoms with Crippen LogP contribution in [0.25, 0.3) is 6.08 Å². The summed E-state index contributed by atoms with van der Waals surface area (Å²) in [5.74, 6) is 0. The summed E-state index contributed by atoms with van der Waals surface area (Å²) in [7, 11) is -2.95. The van der Waals surface area contributed by atoms with Crippen LogP contribution in [0.2, 0.25) is 5.04 Å². The Morgan fingerprint density at radius 1 is 0.923 bits per heavy atom. The Morgan fingerprint density at radius 3 is 1.85 bits per heavy atom. The number of benzene rings is 3. The minimum atomic E-state index is -2.95. The molecule has 0 saturated carbocycles. The Hall–Kier alpha value is -3.75. The van der Waals surface area contributed by atoms with Gasteiger partial charge in [0.25, 0.3) is 14.0 Å². The largest absolute Gasteiger partial charge is 0.465 e. The van der Waals surface area contributed by atoms with Gasteiger partial charge in [-0.15, -0.1) is 0 Å². The summed E-state index contributed by atoms with van der Waals surface area (Å²) < 4.78 is 7.07. The summed E-state index contributed by atoms with van der Waals surface area (Å²) in [4.78, 5) is 25.1. The van der Waals surface area contributed by atoms with E-state index in [0.29, 0.717) is 5.56 Å². The summed E-state index contributed by atoms with van der Waals surface area (Å²) in [6.07, 6.45) is 2.24. The minimum absolute atomic E-state index is 0.0435. The summed E-state index contributed by atoms with van der Waals surface area (Å²) in [6.45, 7) is 12.1. The lowest BCUT2D eigenvalue weighted by molar-refractivity contribution is -0.385. The Balaban J connectivity index is 2.16. The maximum Gasteiger partial charge on any atom is 0.408 e. The average Bonchev–Trinajstić information content (AvgIpc) is 2.87. The zero-order valence-corrected chi connectivity index (χ0v) is 24.5. The SMILES string of the molecule is CC(C)(C)N(C(=O)O)[C@@H](C=Cc1ccccc1[N+](=O)[O-])CO[Si](c1ccccc1)(c1ccccc1)C(C)(C)C. The lowest BCUT2D eigenvalue weighted by Gasteiger charge is -2.45. The van der Waals surface area contributed by atoms with Crippen molar-refractivity contribution in [3.8, 4) is 0 Å².